The Bertz CT molecular complexity index is 353. The van der Waals surface area contributed by atoms with E-state index >= 15 is 0 Å². The van der Waals surface area contributed by atoms with Crippen molar-refractivity contribution in [3.63, 3.8) is 0 Å². The van der Waals surface area contributed by atoms with Crippen molar-refractivity contribution in [2.45, 2.75) is 25.4 Å². The smallest absolute Gasteiger partial charge is 0.0648 e. The number of nitrogens with one attached hydrogen (secondary N) is 1. The number of halogens is 2. The molecule has 1 heterocycles. The summed E-state index contributed by atoms with van der Waals surface area (Å²) < 4.78 is 6.73. The van der Waals surface area contributed by atoms with Crippen LogP contribution in [-0.4, -0.2) is 19.3 Å². The van der Waals surface area contributed by atoms with Crippen LogP contribution in [0.25, 0.3) is 0 Å². The van der Waals surface area contributed by atoms with Crippen LogP contribution in [0.1, 0.15) is 19.3 Å². The Balaban J connectivity index is 1.80. The largest absolute Gasteiger partial charge is 0.384 e. The summed E-state index contributed by atoms with van der Waals surface area (Å²) in [5, 5.41) is 4.14. The average Bonchev–Trinajstić information content (AvgIpc) is 2.74. The van der Waals surface area contributed by atoms with E-state index < -0.39 is 0 Å². The molecule has 1 saturated heterocycles. The zero-order valence-electron chi connectivity index (χ0n) is 9.01. The van der Waals surface area contributed by atoms with Gasteiger partial charge in [-0.25, -0.2) is 0 Å². The zero-order valence-corrected chi connectivity index (χ0v) is 11.9. The second-order valence-electron chi connectivity index (χ2n) is 3.97. The molecule has 1 aromatic rings. The van der Waals surface area contributed by atoms with Crippen LogP contribution in [0, 0.1) is 3.57 Å². The van der Waals surface area contributed by atoms with Gasteiger partial charge in [0.2, 0.25) is 0 Å². The van der Waals surface area contributed by atoms with Gasteiger partial charge >= 0.3 is 0 Å². The summed E-state index contributed by atoms with van der Waals surface area (Å²) in [7, 11) is 0. The van der Waals surface area contributed by atoms with E-state index in [9.17, 15) is 0 Å². The highest BCUT2D eigenvalue weighted by atomic mass is 127. The summed E-state index contributed by atoms with van der Waals surface area (Å²) >= 11 is 8.38. The van der Waals surface area contributed by atoms with Gasteiger partial charge in [-0.05, 0) is 60.1 Å². The molecular formula is C12H15ClINO. The van der Waals surface area contributed by atoms with Crippen LogP contribution >= 0.6 is 34.2 Å². The fourth-order valence-corrected chi connectivity index (χ4v) is 2.80. The molecule has 1 fully saturated rings. The highest BCUT2D eigenvalue weighted by molar-refractivity contribution is 14.1. The number of rotatable bonds is 4. The second kappa shape index (κ2) is 6.07. The molecule has 0 spiro atoms. The van der Waals surface area contributed by atoms with E-state index in [1.807, 2.05) is 12.1 Å². The zero-order chi connectivity index (χ0) is 11.4. The van der Waals surface area contributed by atoms with E-state index in [-0.39, 0.29) is 0 Å². The topological polar surface area (TPSA) is 21.3 Å². The van der Waals surface area contributed by atoms with Gasteiger partial charge in [0.1, 0.15) is 0 Å². The van der Waals surface area contributed by atoms with Gasteiger partial charge in [0, 0.05) is 16.7 Å². The summed E-state index contributed by atoms with van der Waals surface area (Å²) in [5.41, 5.74) is 1.01. The fourth-order valence-electron chi connectivity index (χ4n) is 1.87. The Morgan fingerprint density at radius 2 is 2.38 bits per heavy atom. The first kappa shape index (κ1) is 12.5. The lowest BCUT2D eigenvalue weighted by molar-refractivity contribution is 0.107. The van der Waals surface area contributed by atoms with Gasteiger partial charge in [0.05, 0.1) is 16.8 Å². The molecule has 4 heteroatoms. The van der Waals surface area contributed by atoms with E-state index in [1.54, 1.807) is 0 Å². The standard InChI is InChI=1S/C12H15ClINO/c13-11-8-9(14)3-4-12(11)15-6-5-10-2-1-7-16-10/h3-4,8,10,15H,1-2,5-7H2. The van der Waals surface area contributed by atoms with Crippen LogP contribution in [0.2, 0.25) is 5.02 Å². The first-order chi connectivity index (χ1) is 7.75. The Morgan fingerprint density at radius 3 is 3.06 bits per heavy atom. The monoisotopic (exact) mass is 351 g/mol. The van der Waals surface area contributed by atoms with Crippen LogP contribution in [0.15, 0.2) is 18.2 Å². The number of hydrogen-bond acceptors (Lipinski definition) is 2. The van der Waals surface area contributed by atoms with Gasteiger partial charge in [-0.15, -0.1) is 0 Å². The minimum atomic E-state index is 0.440. The molecule has 1 aliphatic heterocycles. The number of hydrogen-bond donors (Lipinski definition) is 1. The van der Waals surface area contributed by atoms with E-state index in [1.165, 1.54) is 12.8 Å². The molecule has 2 nitrogen and oxygen atoms in total. The Labute approximate surface area is 115 Å². The Morgan fingerprint density at radius 1 is 1.50 bits per heavy atom. The molecule has 0 amide bonds. The Hall–Kier alpha value is -0.000000000000000132. The van der Waals surface area contributed by atoms with E-state index in [0.29, 0.717) is 6.10 Å². The maximum Gasteiger partial charge on any atom is 0.0648 e. The SMILES string of the molecule is Clc1cc(I)ccc1NCCC1CCCO1. The van der Waals surface area contributed by atoms with Crippen LogP contribution in [0.5, 0.6) is 0 Å². The van der Waals surface area contributed by atoms with Gasteiger partial charge in [-0.2, -0.15) is 0 Å². The van der Waals surface area contributed by atoms with Crippen LogP contribution in [0.4, 0.5) is 5.69 Å². The van der Waals surface area contributed by atoms with Gasteiger partial charge in [-0.1, -0.05) is 11.6 Å². The first-order valence-corrected chi connectivity index (χ1v) is 7.02. The van der Waals surface area contributed by atoms with E-state index in [4.69, 9.17) is 16.3 Å². The molecule has 1 aromatic carbocycles. The van der Waals surface area contributed by atoms with Crippen molar-refractivity contribution in [1.29, 1.82) is 0 Å². The van der Waals surface area contributed by atoms with Crippen molar-refractivity contribution >= 4 is 39.9 Å². The van der Waals surface area contributed by atoms with Crippen molar-refractivity contribution in [3.8, 4) is 0 Å². The molecule has 1 aliphatic rings. The first-order valence-electron chi connectivity index (χ1n) is 5.56. The minimum Gasteiger partial charge on any atom is -0.384 e. The van der Waals surface area contributed by atoms with E-state index in [0.717, 1.165) is 33.9 Å². The summed E-state index contributed by atoms with van der Waals surface area (Å²) in [5.74, 6) is 0. The number of benzene rings is 1. The minimum absolute atomic E-state index is 0.440. The number of anilines is 1. The fraction of sp³-hybridized carbons (Fsp3) is 0.500. The van der Waals surface area contributed by atoms with Crippen LogP contribution < -0.4 is 5.32 Å². The molecule has 0 bridgehead atoms. The molecule has 0 aromatic heterocycles. The van der Waals surface area contributed by atoms with Gasteiger partial charge < -0.3 is 10.1 Å². The third-order valence-corrected chi connectivity index (χ3v) is 3.72. The predicted molar refractivity (Wildman–Crippen MR) is 76.2 cm³/mol. The molecule has 1 unspecified atom stereocenters. The van der Waals surface area contributed by atoms with Gasteiger partial charge in [0.25, 0.3) is 0 Å². The van der Waals surface area contributed by atoms with Crippen molar-refractivity contribution < 1.29 is 4.74 Å². The Kier molecular flexibility index (Phi) is 4.73. The van der Waals surface area contributed by atoms with Gasteiger partial charge in [0.15, 0.2) is 0 Å². The summed E-state index contributed by atoms with van der Waals surface area (Å²) in [6, 6.07) is 6.05. The van der Waals surface area contributed by atoms with Crippen molar-refractivity contribution in [1.82, 2.24) is 0 Å². The lowest BCUT2D eigenvalue weighted by atomic mass is 10.2. The third kappa shape index (κ3) is 3.50. The predicted octanol–water partition coefficient (Wildman–Crippen LogP) is 3.93. The van der Waals surface area contributed by atoms with Crippen molar-refractivity contribution in [2.24, 2.45) is 0 Å². The summed E-state index contributed by atoms with van der Waals surface area (Å²) in [4.78, 5) is 0. The molecule has 0 saturated carbocycles. The highest BCUT2D eigenvalue weighted by Gasteiger charge is 2.14. The normalized spacial score (nSPS) is 20.0. The van der Waals surface area contributed by atoms with Gasteiger partial charge in [-0.3, -0.25) is 0 Å². The molecule has 2 rings (SSSR count). The van der Waals surface area contributed by atoms with Crippen LogP contribution in [0.3, 0.4) is 0 Å². The maximum absolute atomic E-state index is 6.13. The van der Waals surface area contributed by atoms with E-state index in [2.05, 4.69) is 34.0 Å². The molecular weight excluding hydrogens is 336 g/mol. The quantitative estimate of drug-likeness (QED) is 0.830. The van der Waals surface area contributed by atoms with Crippen molar-refractivity contribution in [3.05, 3.63) is 26.8 Å². The molecule has 1 atom stereocenters. The summed E-state index contributed by atoms with van der Waals surface area (Å²) in [6.45, 7) is 1.85. The highest BCUT2D eigenvalue weighted by Crippen LogP contribution is 2.24. The second-order valence-corrected chi connectivity index (χ2v) is 5.63. The average molecular weight is 352 g/mol. The molecule has 1 N–H and O–H groups in total. The molecule has 0 aliphatic carbocycles. The van der Waals surface area contributed by atoms with Crippen molar-refractivity contribution in [2.75, 3.05) is 18.5 Å². The lowest BCUT2D eigenvalue weighted by Crippen LogP contribution is -2.12. The molecule has 88 valence electrons. The van der Waals surface area contributed by atoms with Crippen LogP contribution in [-0.2, 0) is 4.74 Å². The lowest BCUT2D eigenvalue weighted by Gasteiger charge is -2.12. The molecule has 0 radical (unpaired) electrons. The maximum atomic E-state index is 6.13. The molecule has 16 heavy (non-hydrogen) atoms. The number of ether oxygens (including phenoxy) is 1. The third-order valence-electron chi connectivity index (χ3n) is 2.74. The summed E-state index contributed by atoms with van der Waals surface area (Å²) in [6.07, 6.45) is 3.90.